The fourth-order valence-corrected chi connectivity index (χ4v) is 1.56. The minimum absolute atomic E-state index is 0.137. The van der Waals surface area contributed by atoms with Crippen LogP contribution < -0.4 is 4.90 Å². The van der Waals surface area contributed by atoms with E-state index in [1.165, 1.54) is 4.90 Å². The highest BCUT2D eigenvalue weighted by Crippen LogP contribution is 2.22. The Bertz CT molecular complexity index is 374. The Labute approximate surface area is 95.1 Å². The number of amides is 1. The number of carboxylic acid groups (broad SMARTS) is 1. The number of hydrogen-bond donors (Lipinski definition) is 2. The van der Waals surface area contributed by atoms with E-state index < -0.39 is 12.2 Å². The van der Waals surface area contributed by atoms with Crippen LogP contribution in [0.25, 0.3) is 0 Å². The summed E-state index contributed by atoms with van der Waals surface area (Å²) in [7, 11) is 0. The molecular formula is C12H17NO3. The first-order chi connectivity index (χ1) is 7.43. The SMILES string of the molecule is CC(C)N(C(=O)O)c1cccc([C@@H](C)O)c1. The van der Waals surface area contributed by atoms with Crippen LogP contribution in [0.5, 0.6) is 0 Å². The molecule has 0 fully saturated rings. The molecule has 0 saturated carbocycles. The predicted octanol–water partition coefficient (Wildman–Crippen LogP) is 2.63. The second kappa shape index (κ2) is 4.99. The summed E-state index contributed by atoms with van der Waals surface area (Å²) in [6.07, 6.45) is -1.58. The second-order valence-electron chi connectivity index (χ2n) is 4.02. The molecular weight excluding hydrogens is 206 g/mol. The lowest BCUT2D eigenvalue weighted by molar-refractivity contribution is 0.197. The number of aliphatic hydroxyl groups is 1. The lowest BCUT2D eigenvalue weighted by Gasteiger charge is -2.24. The molecule has 1 atom stereocenters. The van der Waals surface area contributed by atoms with Gasteiger partial charge < -0.3 is 10.2 Å². The molecule has 1 aromatic rings. The number of rotatable bonds is 3. The normalized spacial score (nSPS) is 12.6. The zero-order chi connectivity index (χ0) is 12.3. The number of anilines is 1. The zero-order valence-electron chi connectivity index (χ0n) is 9.71. The standard InChI is InChI=1S/C12H17NO3/c1-8(2)13(12(15)16)11-6-4-5-10(7-11)9(3)14/h4-9,14H,1-3H3,(H,15,16)/t9-/m1/s1. The van der Waals surface area contributed by atoms with Crippen molar-refractivity contribution in [3.05, 3.63) is 29.8 Å². The van der Waals surface area contributed by atoms with Crippen molar-refractivity contribution >= 4 is 11.8 Å². The second-order valence-corrected chi connectivity index (χ2v) is 4.02. The van der Waals surface area contributed by atoms with Gasteiger partial charge in [-0.2, -0.15) is 0 Å². The summed E-state index contributed by atoms with van der Waals surface area (Å²) in [5.41, 5.74) is 1.30. The molecule has 0 heterocycles. The van der Waals surface area contributed by atoms with Gasteiger partial charge in [-0.3, -0.25) is 4.90 Å². The van der Waals surface area contributed by atoms with Crippen molar-refractivity contribution in [2.45, 2.75) is 32.9 Å². The Morgan fingerprint density at radius 3 is 2.38 bits per heavy atom. The predicted molar refractivity (Wildman–Crippen MR) is 62.7 cm³/mol. The van der Waals surface area contributed by atoms with Crippen molar-refractivity contribution in [3.8, 4) is 0 Å². The quantitative estimate of drug-likeness (QED) is 0.828. The summed E-state index contributed by atoms with van der Waals surface area (Å²) >= 11 is 0. The minimum atomic E-state index is -0.988. The molecule has 0 spiro atoms. The van der Waals surface area contributed by atoms with E-state index in [2.05, 4.69) is 0 Å². The molecule has 0 bridgehead atoms. The molecule has 88 valence electrons. The van der Waals surface area contributed by atoms with Gasteiger partial charge in [-0.05, 0) is 38.5 Å². The molecule has 0 aromatic heterocycles. The van der Waals surface area contributed by atoms with E-state index in [-0.39, 0.29) is 6.04 Å². The number of carbonyl (C=O) groups is 1. The average Bonchev–Trinajstić information content (AvgIpc) is 2.16. The van der Waals surface area contributed by atoms with Crippen molar-refractivity contribution in [2.75, 3.05) is 4.90 Å². The topological polar surface area (TPSA) is 60.8 Å². The van der Waals surface area contributed by atoms with Gasteiger partial charge in [0, 0.05) is 11.7 Å². The third-order valence-corrected chi connectivity index (χ3v) is 2.35. The highest BCUT2D eigenvalue weighted by atomic mass is 16.4. The Morgan fingerprint density at radius 1 is 1.31 bits per heavy atom. The number of benzene rings is 1. The average molecular weight is 223 g/mol. The van der Waals surface area contributed by atoms with Gasteiger partial charge in [-0.15, -0.1) is 0 Å². The van der Waals surface area contributed by atoms with Crippen LogP contribution in [0.1, 0.15) is 32.4 Å². The monoisotopic (exact) mass is 223 g/mol. The van der Waals surface area contributed by atoms with Crippen LogP contribution in [0, 0.1) is 0 Å². The fraction of sp³-hybridized carbons (Fsp3) is 0.417. The maximum Gasteiger partial charge on any atom is 0.412 e. The highest BCUT2D eigenvalue weighted by Gasteiger charge is 2.18. The van der Waals surface area contributed by atoms with Gasteiger partial charge in [0.25, 0.3) is 0 Å². The molecule has 16 heavy (non-hydrogen) atoms. The molecule has 4 nitrogen and oxygen atoms in total. The van der Waals surface area contributed by atoms with Crippen molar-refractivity contribution in [1.29, 1.82) is 0 Å². The number of nitrogens with zero attached hydrogens (tertiary/aromatic N) is 1. The zero-order valence-corrected chi connectivity index (χ0v) is 9.71. The lowest BCUT2D eigenvalue weighted by Crippen LogP contribution is -2.35. The summed E-state index contributed by atoms with van der Waals surface area (Å²) in [6, 6.07) is 6.80. The summed E-state index contributed by atoms with van der Waals surface area (Å²) in [4.78, 5) is 12.4. The highest BCUT2D eigenvalue weighted by molar-refractivity contribution is 5.86. The molecule has 4 heteroatoms. The Balaban J connectivity index is 3.10. The fourth-order valence-electron chi connectivity index (χ4n) is 1.56. The number of aliphatic hydroxyl groups excluding tert-OH is 1. The van der Waals surface area contributed by atoms with E-state index >= 15 is 0 Å². The van der Waals surface area contributed by atoms with Crippen molar-refractivity contribution in [2.24, 2.45) is 0 Å². The van der Waals surface area contributed by atoms with Crippen LogP contribution in [0.15, 0.2) is 24.3 Å². The van der Waals surface area contributed by atoms with Crippen molar-refractivity contribution in [1.82, 2.24) is 0 Å². The summed E-state index contributed by atoms with van der Waals surface area (Å²) in [5, 5.41) is 18.5. The largest absolute Gasteiger partial charge is 0.465 e. The maximum absolute atomic E-state index is 11.1. The first-order valence-corrected chi connectivity index (χ1v) is 5.23. The van der Waals surface area contributed by atoms with Crippen LogP contribution in [0.3, 0.4) is 0 Å². The van der Waals surface area contributed by atoms with Crippen LogP contribution in [-0.2, 0) is 0 Å². The van der Waals surface area contributed by atoms with Gasteiger partial charge in [0.2, 0.25) is 0 Å². The molecule has 1 aromatic carbocycles. The van der Waals surface area contributed by atoms with Crippen LogP contribution >= 0.6 is 0 Å². The van der Waals surface area contributed by atoms with Gasteiger partial charge in [0.15, 0.2) is 0 Å². The molecule has 0 saturated heterocycles. The molecule has 0 aliphatic rings. The van der Waals surface area contributed by atoms with Gasteiger partial charge >= 0.3 is 6.09 Å². The smallest absolute Gasteiger partial charge is 0.412 e. The Morgan fingerprint density at radius 2 is 1.94 bits per heavy atom. The van der Waals surface area contributed by atoms with E-state index in [1.54, 1.807) is 31.2 Å². The first-order valence-electron chi connectivity index (χ1n) is 5.23. The van der Waals surface area contributed by atoms with Crippen LogP contribution in [0.4, 0.5) is 10.5 Å². The lowest BCUT2D eigenvalue weighted by atomic mass is 10.1. The third-order valence-electron chi connectivity index (χ3n) is 2.35. The molecule has 0 unspecified atom stereocenters. The summed E-state index contributed by atoms with van der Waals surface area (Å²) in [5.74, 6) is 0. The van der Waals surface area contributed by atoms with Crippen molar-refractivity contribution in [3.63, 3.8) is 0 Å². The molecule has 2 N–H and O–H groups in total. The van der Waals surface area contributed by atoms with E-state index in [0.717, 1.165) is 0 Å². The van der Waals surface area contributed by atoms with E-state index in [1.807, 2.05) is 13.8 Å². The van der Waals surface area contributed by atoms with E-state index in [4.69, 9.17) is 5.11 Å². The molecule has 1 amide bonds. The molecule has 0 radical (unpaired) electrons. The van der Waals surface area contributed by atoms with Crippen LogP contribution in [0.2, 0.25) is 0 Å². The van der Waals surface area contributed by atoms with Gasteiger partial charge in [0.05, 0.1) is 6.10 Å². The first kappa shape index (κ1) is 12.5. The maximum atomic E-state index is 11.1. The Kier molecular flexibility index (Phi) is 3.90. The van der Waals surface area contributed by atoms with Gasteiger partial charge in [-0.25, -0.2) is 4.79 Å². The van der Waals surface area contributed by atoms with E-state index in [9.17, 15) is 9.90 Å². The minimum Gasteiger partial charge on any atom is -0.465 e. The third kappa shape index (κ3) is 2.73. The van der Waals surface area contributed by atoms with Crippen molar-refractivity contribution < 1.29 is 15.0 Å². The summed E-state index contributed by atoms with van der Waals surface area (Å²) < 4.78 is 0. The summed E-state index contributed by atoms with van der Waals surface area (Å²) in [6.45, 7) is 5.27. The van der Waals surface area contributed by atoms with Gasteiger partial charge in [-0.1, -0.05) is 12.1 Å². The Hall–Kier alpha value is -1.55. The van der Waals surface area contributed by atoms with Gasteiger partial charge in [0.1, 0.15) is 0 Å². The number of hydrogen-bond acceptors (Lipinski definition) is 2. The molecule has 1 rings (SSSR count). The molecule has 0 aliphatic heterocycles. The van der Waals surface area contributed by atoms with Crippen LogP contribution in [-0.4, -0.2) is 22.3 Å². The van der Waals surface area contributed by atoms with E-state index in [0.29, 0.717) is 11.3 Å². The molecule has 0 aliphatic carbocycles.